The maximum Gasteiger partial charge on any atom is 0.254 e. The molecule has 1 unspecified atom stereocenters. The van der Waals surface area contributed by atoms with Gasteiger partial charge in [0.2, 0.25) is 5.91 Å². The summed E-state index contributed by atoms with van der Waals surface area (Å²) in [5.41, 5.74) is 2.62. The first-order chi connectivity index (χ1) is 19.5. The molecule has 0 aliphatic carbocycles. The molecule has 3 amide bonds. The number of hydrogen-bond donors (Lipinski definition) is 2. The van der Waals surface area contributed by atoms with Gasteiger partial charge in [-0.05, 0) is 59.4 Å². The molecule has 2 fully saturated rings. The fourth-order valence-corrected chi connectivity index (χ4v) is 5.63. The number of nitrogens with one attached hydrogen (secondary N) is 1. The van der Waals surface area contributed by atoms with Gasteiger partial charge in [-0.3, -0.25) is 24.2 Å². The molecule has 2 aliphatic rings. The van der Waals surface area contributed by atoms with Crippen molar-refractivity contribution in [2.45, 2.75) is 57.2 Å². The Morgan fingerprint density at radius 2 is 1.61 bits per heavy atom. The molecule has 0 spiro atoms. The lowest BCUT2D eigenvalue weighted by Gasteiger charge is -2.28. The van der Waals surface area contributed by atoms with Crippen molar-refractivity contribution >= 4 is 23.5 Å². The van der Waals surface area contributed by atoms with E-state index in [0.717, 1.165) is 11.1 Å². The molecule has 2 aliphatic heterocycles. The number of nitrogens with zero attached hydrogens (tertiary/aromatic N) is 3. The fraction of sp³-hybridized carbons (Fsp3) is 0.344. The summed E-state index contributed by atoms with van der Waals surface area (Å²) < 4.78 is 0. The molecule has 3 heterocycles. The lowest BCUT2D eigenvalue weighted by molar-refractivity contribution is -0.138. The van der Waals surface area contributed by atoms with E-state index in [9.17, 15) is 24.3 Å². The van der Waals surface area contributed by atoms with E-state index in [1.807, 2.05) is 12.1 Å². The number of Topliss-reactive ketones (excluding diaryl/α,β-unsaturated/α-hetero) is 1. The van der Waals surface area contributed by atoms with E-state index in [0.29, 0.717) is 24.1 Å². The summed E-state index contributed by atoms with van der Waals surface area (Å²) in [5, 5.41) is 12.6. The second-order valence-electron chi connectivity index (χ2n) is 11.7. The lowest BCUT2D eigenvalue weighted by Crippen LogP contribution is -2.53. The number of likely N-dealkylation sites (tertiary alicyclic amines) is 2. The number of phenols is 1. The summed E-state index contributed by atoms with van der Waals surface area (Å²) in [6.45, 7) is 6.49. The Balaban J connectivity index is 1.37. The van der Waals surface area contributed by atoms with Crippen molar-refractivity contribution < 1.29 is 24.3 Å². The molecule has 0 radical (unpaired) electrons. The van der Waals surface area contributed by atoms with Crippen LogP contribution in [0.15, 0.2) is 73.1 Å². The smallest absolute Gasteiger partial charge is 0.254 e. The van der Waals surface area contributed by atoms with Crippen LogP contribution in [0.1, 0.15) is 59.0 Å². The van der Waals surface area contributed by atoms with Crippen molar-refractivity contribution in [2.75, 3.05) is 13.1 Å². The van der Waals surface area contributed by atoms with Gasteiger partial charge in [-0.25, -0.2) is 0 Å². The molecule has 9 nitrogen and oxygen atoms in total. The highest BCUT2D eigenvalue weighted by molar-refractivity contribution is 6.03. The zero-order valence-corrected chi connectivity index (χ0v) is 23.4. The quantitative estimate of drug-likeness (QED) is 0.483. The minimum absolute atomic E-state index is 0.0703. The molecule has 212 valence electrons. The average Bonchev–Trinajstić information content (AvgIpc) is 3.54. The summed E-state index contributed by atoms with van der Waals surface area (Å²) in [6, 6.07) is 14.8. The van der Waals surface area contributed by atoms with Crippen molar-refractivity contribution in [2.24, 2.45) is 0 Å². The van der Waals surface area contributed by atoms with Crippen LogP contribution in [0, 0.1) is 0 Å². The van der Waals surface area contributed by atoms with Crippen LogP contribution in [0.5, 0.6) is 5.75 Å². The van der Waals surface area contributed by atoms with E-state index >= 15 is 0 Å². The third kappa shape index (κ3) is 5.84. The van der Waals surface area contributed by atoms with Crippen LogP contribution in [0.2, 0.25) is 0 Å². The second-order valence-corrected chi connectivity index (χ2v) is 11.7. The Morgan fingerprint density at radius 1 is 0.951 bits per heavy atom. The van der Waals surface area contributed by atoms with Crippen molar-refractivity contribution in [3.05, 3.63) is 95.3 Å². The fourth-order valence-electron chi connectivity index (χ4n) is 5.63. The predicted molar refractivity (Wildman–Crippen MR) is 152 cm³/mol. The molecule has 41 heavy (non-hydrogen) atoms. The largest absolute Gasteiger partial charge is 0.508 e. The summed E-state index contributed by atoms with van der Waals surface area (Å²) >= 11 is 0. The molecule has 2 saturated heterocycles. The number of benzene rings is 2. The van der Waals surface area contributed by atoms with Gasteiger partial charge in [0.15, 0.2) is 5.78 Å². The maximum absolute atomic E-state index is 14.0. The Labute approximate surface area is 239 Å². The molecule has 1 aromatic heterocycles. The van der Waals surface area contributed by atoms with Gasteiger partial charge in [0.1, 0.15) is 17.8 Å². The van der Waals surface area contributed by atoms with Crippen LogP contribution in [-0.4, -0.2) is 74.6 Å². The monoisotopic (exact) mass is 554 g/mol. The lowest BCUT2D eigenvalue weighted by atomic mass is 9.86. The standard InChI is InChI=1S/C32H34N4O5/c1-32(2,3)23-8-6-21(7-9-23)29(39)34-25(18-20-4-10-24(37)11-5-20)31(41)35-17-14-26-28(35)27(38)19-36(26)30(40)22-12-15-33-16-13-22/h4-13,15-16,25-26,28,37H,14,17-19H2,1-3H3,(H,34,39)/t25-,26?,28-/m0/s1. The third-order valence-electron chi connectivity index (χ3n) is 7.89. The van der Waals surface area contributed by atoms with Gasteiger partial charge in [0.25, 0.3) is 11.8 Å². The topological polar surface area (TPSA) is 120 Å². The first kappa shape index (κ1) is 28.0. The number of carbonyl (C=O) groups is 4. The van der Waals surface area contributed by atoms with E-state index < -0.39 is 24.0 Å². The van der Waals surface area contributed by atoms with Gasteiger partial charge < -0.3 is 20.2 Å². The van der Waals surface area contributed by atoms with Crippen LogP contribution in [0.3, 0.4) is 0 Å². The van der Waals surface area contributed by atoms with Gasteiger partial charge in [-0.15, -0.1) is 0 Å². The number of aromatic hydroxyl groups is 1. The second kappa shape index (κ2) is 11.2. The number of phenolic OH excluding ortho intramolecular Hbond substituents is 1. The van der Waals surface area contributed by atoms with E-state index in [1.165, 1.54) is 29.4 Å². The highest BCUT2D eigenvalue weighted by Gasteiger charge is 2.52. The molecule has 2 aromatic carbocycles. The van der Waals surface area contributed by atoms with Crippen LogP contribution >= 0.6 is 0 Å². The molecule has 9 heteroatoms. The number of hydrogen-bond acceptors (Lipinski definition) is 6. The van der Waals surface area contributed by atoms with Gasteiger partial charge in [0, 0.05) is 36.5 Å². The van der Waals surface area contributed by atoms with Gasteiger partial charge in [-0.2, -0.15) is 0 Å². The average molecular weight is 555 g/mol. The molecule has 3 aromatic rings. The van der Waals surface area contributed by atoms with Gasteiger partial charge in [-0.1, -0.05) is 45.0 Å². The normalized spacial score (nSPS) is 19.1. The predicted octanol–water partition coefficient (Wildman–Crippen LogP) is 3.12. The van der Waals surface area contributed by atoms with Crippen molar-refractivity contribution in [3.8, 4) is 5.75 Å². The number of amides is 3. The highest BCUT2D eigenvalue weighted by atomic mass is 16.3. The molecular weight excluding hydrogens is 520 g/mol. The van der Waals surface area contributed by atoms with Crippen LogP contribution in [0.25, 0.3) is 0 Å². The summed E-state index contributed by atoms with van der Waals surface area (Å²) in [7, 11) is 0. The minimum Gasteiger partial charge on any atom is -0.508 e. The molecular formula is C32H34N4O5. The van der Waals surface area contributed by atoms with Crippen molar-refractivity contribution in [3.63, 3.8) is 0 Å². The maximum atomic E-state index is 14.0. The van der Waals surface area contributed by atoms with E-state index in [1.54, 1.807) is 41.3 Å². The van der Waals surface area contributed by atoms with Crippen LogP contribution in [0.4, 0.5) is 0 Å². The third-order valence-corrected chi connectivity index (χ3v) is 7.89. The highest BCUT2D eigenvalue weighted by Crippen LogP contribution is 2.32. The molecule has 0 bridgehead atoms. The Kier molecular flexibility index (Phi) is 7.62. The van der Waals surface area contributed by atoms with E-state index in [-0.39, 0.29) is 41.7 Å². The van der Waals surface area contributed by atoms with Gasteiger partial charge in [0.05, 0.1) is 12.6 Å². The Morgan fingerprint density at radius 3 is 2.24 bits per heavy atom. The summed E-state index contributed by atoms with van der Waals surface area (Å²) in [4.78, 5) is 60.7. The first-order valence-corrected chi connectivity index (χ1v) is 13.8. The Hall–Kier alpha value is -4.53. The number of rotatable bonds is 6. The molecule has 5 rings (SSSR count). The zero-order valence-electron chi connectivity index (χ0n) is 23.4. The number of pyridine rings is 1. The summed E-state index contributed by atoms with van der Waals surface area (Å²) in [5.74, 6) is -1.15. The number of ketones is 1. The SMILES string of the molecule is CC(C)(C)c1ccc(C(=O)N[C@@H](Cc2ccc(O)cc2)C(=O)N2CCC3[C@H]2C(=O)CN3C(=O)c2ccncc2)cc1. The van der Waals surface area contributed by atoms with Crippen LogP contribution < -0.4 is 5.32 Å². The van der Waals surface area contributed by atoms with E-state index in [2.05, 4.69) is 31.1 Å². The molecule has 2 N–H and O–H groups in total. The van der Waals surface area contributed by atoms with Crippen molar-refractivity contribution in [1.29, 1.82) is 0 Å². The number of carbonyl (C=O) groups excluding carboxylic acids is 4. The summed E-state index contributed by atoms with van der Waals surface area (Å²) in [6.07, 6.45) is 3.69. The molecule has 0 saturated carbocycles. The Bertz CT molecular complexity index is 1450. The first-order valence-electron chi connectivity index (χ1n) is 13.8. The van der Waals surface area contributed by atoms with Crippen molar-refractivity contribution in [1.82, 2.24) is 20.1 Å². The van der Waals surface area contributed by atoms with Gasteiger partial charge >= 0.3 is 0 Å². The van der Waals surface area contributed by atoms with E-state index in [4.69, 9.17) is 0 Å². The number of fused-ring (bicyclic) bond motifs is 1. The minimum atomic E-state index is -0.953. The number of aromatic nitrogens is 1. The molecule has 3 atom stereocenters. The zero-order chi connectivity index (χ0) is 29.3. The van der Waals surface area contributed by atoms with Crippen LogP contribution in [-0.2, 0) is 21.4 Å².